The van der Waals surface area contributed by atoms with E-state index >= 15 is 0 Å². The van der Waals surface area contributed by atoms with Gasteiger partial charge < -0.3 is 20.6 Å². The van der Waals surface area contributed by atoms with E-state index in [0.717, 1.165) is 25.8 Å². The topological polar surface area (TPSA) is 81.7 Å². The molecule has 1 saturated carbocycles. The minimum atomic E-state index is -0.898. The average molecular weight is 269 g/mol. The van der Waals surface area contributed by atoms with Crippen molar-refractivity contribution in [1.29, 1.82) is 0 Å². The predicted molar refractivity (Wildman–Crippen MR) is 71.0 cm³/mol. The molecule has 6 heteroatoms. The summed E-state index contributed by atoms with van der Waals surface area (Å²) in [7, 11) is 0. The second-order valence-electron chi connectivity index (χ2n) is 5.36. The number of carboxylic acids is 1. The van der Waals surface area contributed by atoms with Crippen molar-refractivity contribution in [2.75, 3.05) is 19.6 Å². The second-order valence-corrected chi connectivity index (χ2v) is 5.36. The molecule has 3 N–H and O–H groups in total. The van der Waals surface area contributed by atoms with Crippen LogP contribution in [0.3, 0.4) is 0 Å². The Labute approximate surface area is 113 Å². The smallest absolute Gasteiger partial charge is 0.326 e. The molecule has 0 aromatic rings. The number of hydrogen-bond donors (Lipinski definition) is 3. The van der Waals surface area contributed by atoms with Gasteiger partial charge in [0.2, 0.25) is 0 Å². The van der Waals surface area contributed by atoms with Crippen molar-refractivity contribution in [1.82, 2.24) is 15.5 Å². The highest BCUT2D eigenvalue weighted by molar-refractivity contribution is 5.82. The molecule has 0 aromatic carbocycles. The fourth-order valence-electron chi connectivity index (χ4n) is 2.41. The largest absolute Gasteiger partial charge is 0.480 e. The highest BCUT2D eigenvalue weighted by Crippen LogP contribution is 2.18. The first-order valence-corrected chi connectivity index (χ1v) is 7.19. The van der Waals surface area contributed by atoms with Crippen molar-refractivity contribution in [2.45, 2.75) is 50.6 Å². The molecule has 1 aliphatic carbocycles. The van der Waals surface area contributed by atoms with Crippen LogP contribution in [-0.4, -0.2) is 53.7 Å². The summed E-state index contributed by atoms with van der Waals surface area (Å²) in [5.74, 6) is -0.898. The Bertz CT molecular complexity index is 331. The molecular weight excluding hydrogens is 246 g/mol. The lowest BCUT2D eigenvalue weighted by molar-refractivity contribution is -0.143. The van der Waals surface area contributed by atoms with Crippen molar-refractivity contribution in [2.24, 2.45) is 0 Å². The zero-order chi connectivity index (χ0) is 13.7. The number of carbonyl (C=O) groups excluding carboxylic acids is 1. The minimum absolute atomic E-state index is 0.237. The quantitative estimate of drug-likeness (QED) is 0.622. The molecule has 2 aliphatic rings. The van der Waals surface area contributed by atoms with Crippen molar-refractivity contribution < 1.29 is 14.7 Å². The van der Waals surface area contributed by atoms with E-state index in [4.69, 9.17) is 5.11 Å². The second kappa shape index (κ2) is 6.75. The third-order valence-corrected chi connectivity index (χ3v) is 3.69. The lowest BCUT2D eigenvalue weighted by atomic mass is 10.0. The molecule has 1 atom stereocenters. The SMILES string of the molecule is O=C(O)C1CCCCN1C(=O)NCCCNC1CC1. The van der Waals surface area contributed by atoms with Gasteiger partial charge in [-0.25, -0.2) is 9.59 Å². The van der Waals surface area contributed by atoms with E-state index < -0.39 is 12.0 Å². The van der Waals surface area contributed by atoms with Gasteiger partial charge in [-0.3, -0.25) is 0 Å². The van der Waals surface area contributed by atoms with Crippen LogP contribution in [-0.2, 0) is 4.79 Å². The van der Waals surface area contributed by atoms with E-state index in [2.05, 4.69) is 10.6 Å². The maximum Gasteiger partial charge on any atom is 0.326 e. The van der Waals surface area contributed by atoms with Crippen molar-refractivity contribution >= 4 is 12.0 Å². The van der Waals surface area contributed by atoms with E-state index in [9.17, 15) is 9.59 Å². The zero-order valence-corrected chi connectivity index (χ0v) is 11.2. The molecule has 1 saturated heterocycles. The van der Waals surface area contributed by atoms with Gasteiger partial charge >= 0.3 is 12.0 Å². The number of carbonyl (C=O) groups is 2. The summed E-state index contributed by atoms with van der Waals surface area (Å²) in [6, 6.07) is -0.203. The maximum atomic E-state index is 12.0. The van der Waals surface area contributed by atoms with Gasteiger partial charge in [0.25, 0.3) is 0 Å². The maximum absolute atomic E-state index is 12.0. The van der Waals surface area contributed by atoms with Gasteiger partial charge in [-0.15, -0.1) is 0 Å². The summed E-state index contributed by atoms with van der Waals surface area (Å²) >= 11 is 0. The first-order chi connectivity index (χ1) is 9.18. The first kappa shape index (κ1) is 14.1. The Balaban J connectivity index is 1.66. The molecule has 2 rings (SSSR count). The Morgan fingerprint density at radius 2 is 1.95 bits per heavy atom. The summed E-state index contributed by atoms with van der Waals surface area (Å²) in [6.45, 7) is 2.05. The lowest BCUT2D eigenvalue weighted by Gasteiger charge is -2.32. The molecule has 2 amide bonds. The third-order valence-electron chi connectivity index (χ3n) is 3.69. The molecule has 1 aliphatic heterocycles. The van der Waals surface area contributed by atoms with Gasteiger partial charge in [-0.05, 0) is 45.1 Å². The third kappa shape index (κ3) is 4.38. The average Bonchev–Trinajstić information content (AvgIpc) is 3.22. The van der Waals surface area contributed by atoms with Crippen LogP contribution in [0, 0.1) is 0 Å². The molecule has 0 bridgehead atoms. The Morgan fingerprint density at radius 3 is 2.63 bits per heavy atom. The van der Waals surface area contributed by atoms with E-state index in [1.807, 2.05) is 0 Å². The number of urea groups is 1. The number of nitrogens with zero attached hydrogens (tertiary/aromatic N) is 1. The van der Waals surface area contributed by atoms with Crippen molar-refractivity contribution in [3.05, 3.63) is 0 Å². The van der Waals surface area contributed by atoms with Crippen LogP contribution in [0.25, 0.3) is 0 Å². The number of aliphatic carboxylic acids is 1. The highest BCUT2D eigenvalue weighted by Gasteiger charge is 2.31. The van der Waals surface area contributed by atoms with Gasteiger partial charge in [0, 0.05) is 19.1 Å². The molecule has 2 fully saturated rings. The molecule has 0 spiro atoms. The fraction of sp³-hybridized carbons (Fsp3) is 0.846. The van der Waals surface area contributed by atoms with E-state index in [1.54, 1.807) is 0 Å². The number of nitrogens with one attached hydrogen (secondary N) is 2. The van der Waals surface area contributed by atoms with Crippen LogP contribution in [0.4, 0.5) is 4.79 Å². The van der Waals surface area contributed by atoms with Gasteiger partial charge in [0.15, 0.2) is 0 Å². The van der Waals surface area contributed by atoms with Crippen molar-refractivity contribution in [3.63, 3.8) is 0 Å². The minimum Gasteiger partial charge on any atom is -0.480 e. The zero-order valence-electron chi connectivity index (χ0n) is 11.2. The lowest BCUT2D eigenvalue weighted by Crippen LogP contribution is -2.52. The fourth-order valence-corrected chi connectivity index (χ4v) is 2.41. The monoisotopic (exact) mass is 269 g/mol. The van der Waals surface area contributed by atoms with Gasteiger partial charge in [-0.2, -0.15) is 0 Å². The molecule has 0 aromatic heterocycles. The van der Waals surface area contributed by atoms with Crippen LogP contribution < -0.4 is 10.6 Å². The van der Waals surface area contributed by atoms with Gasteiger partial charge in [0.1, 0.15) is 6.04 Å². The Hall–Kier alpha value is -1.30. The van der Waals surface area contributed by atoms with Crippen LogP contribution in [0.1, 0.15) is 38.5 Å². The van der Waals surface area contributed by atoms with Crippen molar-refractivity contribution in [3.8, 4) is 0 Å². The normalized spacial score (nSPS) is 23.2. The van der Waals surface area contributed by atoms with E-state index in [0.29, 0.717) is 25.6 Å². The molecule has 6 nitrogen and oxygen atoms in total. The number of amides is 2. The van der Waals surface area contributed by atoms with E-state index in [-0.39, 0.29) is 6.03 Å². The van der Waals surface area contributed by atoms with Crippen LogP contribution in [0.15, 0.2) is 0 Å². The van der Waals surface area contributed by atoms with Gasteiger partial charge in [-0.1, -0.05) is 0 Å². The molecule has 0 radical (unpaired) electrons. The molecule has 1 heterocycles. The summed E-state index contributed by atoms with van der Waals surface area (Å²) in [5, 5.41) is 15.3. The number of hydrogen-bond acceptors (Lipinski definition) is 3. The Morgan fingerprint density at radius 1 is 1.16 bits per heavy atom. The van der Waals surface area contributed by atoms with Crippen LogP contribution in [0.5, 0.6) is 0 Å². The number of piperidine rings is 1. The molecule has 19 heavy (non-hydrogen) atoms. The summed E-state index contributed by atoms with van der Waals surface area (Å²) < 4.78 is 0. The van der Waals surface area contributed by atoms with Gasteiger partial charge in [0.05, 0.1) is 0 Å². The van der Waals surface area contributed by atoms with E-state index in [1.165, 1.54) is 17.7 Å². The summed E-state index contributed by atoms with van der Waals surface area (Å²) in [5.41, 5.74) is 0. The molecule has 108 valence electrons. The predicted octanol–water partition coefficient (Wildman–Crippen LogP) is 0.777. The summed E-state index contributed by atoms with van der Waals surface area (Å²) in [4.78, 5) is 24.5. The Kier molecular flexibility index (Phi) is 5.01. The standard InChI is InChI=1S/C13H23N3O3/c17-12(18)11-4-1-2-9-16(11)13(19)15-8-3-7-14-10-5-6-10/h10-11,14H,1-9H2,(H,15,19)(H,17,18). The molecule has 1 unspecified atom stereocenters. The van der Waals surface area contributed by atoms with Crippen LogP contribution >= 0.6 is 0 Å². The number of carboxylic acid groups (broad SMARTS) is 1. The van der Waals surface area contributed by atoms with Crippen LogP contribution in [0.2, 0.25) is 0 Å². The number of rotatable bonds is 6. The molecular formula is C13H23N3O3. The highest BCUT2D eigenvalue weighted by atomic mass is 16.4. The summed E-state index contributed by atoms with van der Waals surface area (Å²) in [6.07, 6.45) is 5.74. The number of likely N-dealkylation sites (tertiary alicyclic amines) is 1. The first-order valence-electron chi connectivity index (χ1n) is 7.19.